The van der Waals surface area contributed by atoms with Gasteiger partial charge in [-0.15, -0.1) is 0 Å². The van der Waals surface area contributed by atoms with Gasteiger partial charge in [0, 0.05) is 18.7 Å². The highest BCUT2D eigenvalue weighted by Gasteiger charge is 2.31. The van der Waals surface area contributed by atoms with Crippen LogP contribution in [-0.2, 0) is 26.2 Å². The van der Waals surface area contributed by atoms with E-state index < -0.39 is 28.5 Å². The summed E-state index contributed by atoms with van der Waals surface area (Å²) in [4.78, 5) is 27.7. The number of sulfonamides is 1. The highest BCUT2D eigenvalue weighted by molar-refractivity contribution is 7.92. The van der Waals surface area contributed by atoms with Crippen molar-refractivity contribution >= 4 is 50.7 Å². The number of halogens is 2. The second-order valence-electron chi connectivity index (χ2n) is 8.71. The van der Waals surface area contributed by atoms with E-state index >= 15 is 0 Å². The Kier molecular flexibility index (Phi) is 8.97. The summed E-state index contributed by atoms with van der Waals surface area (Å²) >= 11 is 12.2. The summed E-state index contributed by atoms with van der Waals surface area (Å²) in [5.74, 6) is -0.0707. The average Bonchev–Trinajstić information content (AvgIpc) is 2.81. The molecule has 1 N–H and O–H groups in total. The molecule has 1 atom stereocenters. The number of hydrogen-bond donors (Lipinski definition) is 1. The van der Waals surface area contributed by atoms with Gasteiger partial charge in [0.2, 0.25) is 21.8 Å². The van der Waals surface area contributed by atoms with E-state index in [0.717, 1.165) is 10.6 Å². The molecule has 0 saturated heterocycles. The molecule has 0 aliphatic carbocycles. The number of amides is 2. The minimum absolute atomic E-state index is 0.0150. The molecule has 2 amide bonds. The Bertz CT molecular complexity index is 1240. The summed E-state index contributed by atoms with van der Waals surface area (Å²) in [6.45, 7) is 5.41. The molecule has 36 heavy (non-hydrogen) atoms. The number of rotatable bonds is 9. The summed E-state index contributed by atoms with van der Waals surface area (Å²) in [5.41, 5.74) is 0.871. The van der Waals surface area contributed by atoms with Gasteiger partial charge in [0.25, 0.3) is 0 Å². The molecule has 0 fully saturated rings. The molecule has 2 aromatic carbocycles. The number of nitrogens with one attached hydrogen (secondary N) is 1. The van der Waals surface area contributed by atoms with Crippen LogP contribution in [0.4, 0.5) is 5.69 Å². The molecule has 196 valence electrons. The summed E-state index contributed by atoms with van der Waals surface area (Å²) in [7, 11) is -3.87. The second-order valence-corrected chi connectivity index (χ2v) is 11.4. The number of anilines is 1. The first-order valence-corrected chi connectivity index (χ1v) is 13.9. The maximum absolute atomic E-state index is 13.6. The first kappa shape index (κ1) is 27.9. The van der Waals surface area contributed by atoms with E-state index in [-0.39, 0.29) is 24.2 Å². The van der Waals surface area contributed by atoms with Crippen LogP contribution in [0.25, 0.3) is 0 Å². The second kappa shape index (κ2) is 11.6. The molecule has 0 bridgehead atoms. The van der Waals surface area contributed by atoms with Gasteiger partial charge in [0.15, 0.2) is 11.5 Å². The summed E-state index contributed by atoms with van der Waals surface area (Å²) in [5, 5.41) is 3.44. The summed E-state index contributed by atoms with van der Waals surface area (Å²) < 4.78 is 37.5. The van der Waals surface area contributed by atoms with Crippen LogP contribution in [0, 0.1) is 0 Å². The molecule has 0 radical (unpaired) electrons. The zero-order valence-electron chi connectivity index (χ0n) is 20.5. The number of carbonyl (C=O) groups is 2. The lowest BCUT2D eigenvalue weighted by atomic mass is 10.1. The monoisotopic (exact) mass is 557 g/mol. The average molecular weight is 558 g/mol. The largest absolute Gasteiger partial charge is 0.486 e. The summed E-state index contributed by atoms with van der Waals surface area (Å²) in [6, 6.07) is 8.50. The van der Waals surface area contributed by atoms with Crippen LogP contribution in [0.3, 0.4) is 0 Å². The molecule has 3 rings (SSSR count). The Morgan fingerprint density at radius 2 is 1.67 bits per heavy atom. The SMILES string of the molecule is CC(C)NC(=O)[C@H](C)N(Cc1ccc(Cl)c(Cl)c1)C(=O)CN(c1ccc2c(c1)OCCO2)S(C)(=O)=O. The fourth-order valence-corrected chi connectivity index (χ4v) is 4.79. The number of benzene rings is 2. The highest BCUT2D eigenvalue weighted by Crippen LogP contribution is 2.34. The van der Waals surface area contributed by atoms with E-state index in [2.05, 4.69) is 5.32 Å². The predicted octanol–water partition coefficient (Wildman–Crippen LogP) is 3.47. The van der Waals surface area contributed by atoms with Crippen LogP contribution < -0.4 is 19.1 Å². The van der Waals surface area contributed by atoms with E-state index in [1.165, 1.54) is 11.0 Å². The van der Waals surface area contributed by atoms with E-state index in [1.54, 1.807) is 37.3 Å². The van der Waals surface area contributed by atoms with Crippen molar-refractivity contribution in [2.45, 2.75) is 39.4 Å². The van der Waals surface area contributed by atoms with Gasteiger partial charge in [-0.2, -0.15) is 0 Å². The van der Waals surface area contributed by atoms with Crippen molar-refractivity contribution in [3.8, 4) is 11.5 Å². The van der Waals surface area contributed by atoms with Gasteiger partial charge in [0.05, 0.1) is 22.0 Å². The molecule has 0 unspecified atom stereocenters. The van der Waals surface area contributed by atoms with Crippen molar-refractivity contribution in [3.63, 3.8) is 0 Å². The lowest BCUT2D eigenvalue weighted by molar-refractivity contribution is -0.139. The van der Waals surface area contributed by atoms with Gasteiger partial charge in [-0.3, -0.25) is 13.9 Å². The van der Waals surface area contributed by atoms with Crippen molar-refractivity contribution in [2.75, 3.05) is 30.3 Å². The van der Waals surface area contributed by atoms with E-state index in [0.29, 0.717) is 40.3 Å². The minimum Gasteiger partial charge on any atom is -0.486 e. The zero-order valence-corrected chi connectivity index (χ0v) is 22.8. The van der Waals surface area contributed by atoms with Gasteiger partial charge in [-0.25, -0.2) is 8.42 Å². The van der Waals surface area contributed by atoms with Crippen molar-refractivity contribution < 1.29 is 27.5 Å². The van der Waals surface area contributed by atoms with Crippen LogP contribution in [0.2, 0.25) is 10.0 Å². The molecule has 1 aliphatic rings. The number of ether oxygens (including phenoxy) is 2. The Balaban J connectivity index is 1.93. The van der Waals surface area contributed by atoms with E-state index in [4.69, 9.17) is 32.7 Å². The van der Waals surface area contributed by atoms with Gasteiger partial charge >= 0.3 is 0 Å². The molecule has 1 aliphatic heterocycles. The normalized spacial score (nSPS) is 13.8. The molecule has 0 saturated carbocycles. The van der Waals surface area contributed by atoms with Gasteiger partial charge in [-0.1, -0.05) is 29.3 Å². The van der Waals surface area contributed by atoms with Gasteiger partial charge < -0.3 is 19.7 Å². The fourth-order valence-electron chi connectivity index (χ4n) is 3.62. The first-order valence-electron chi connectivity index (χ1n) is 11.3. The van der Waals surface area contributed by atoms with Crippen molar-refractivity contribution in [2.24, 2.45) is 0 Å². The zero-order chi connectivity index (χ0) is 26.6. The minimum atomic E-state index is -3.87. The third-order valence-electron chi connectivity index (χ3n) is 5.43. The maximum Gasteiger partial charge on any atom is 0.244 e. The number of hydrogen-bond acceptors (Lipinski definition) is 6. The van der Waals surface area contributed by atoms with Crippen LogP contribution >= 0.6 is 23.2 Å². The summed E-state index contributed by atoms with van der Waals surface area (Å²) in [6.07, 6.45) is 1.01. The van der Waals surface area contributed by atoms with Crippen LogP contribution in [0.1, 0.15) is 26.3 Å². The predicted molar refractivity (Wildman–Crippen MR) is 139 cm³/mol. The Hall–Kier alpha value is -2.69. The molecular weight excluding hydrogens is 529 g/mol. The number of fused-ring (bicyclic) bond motifs is 1. The Morgan fingerprint density at radius 1 is 1.00 bits per heavy atom. The third-order valence-corrected chi connectivity index (χ3v) is 7.31. The van der Waals surface area contributed by atoms with Crippen molar-refractivity contribution in [1.82, 2.24) is 10.2 Å². The fraction of sp³-hybridized carbons (Fsp3) is 0.417. The molecule has 2 aromatic rings. The van der Waals surface area contributed by atoms with Crippen molar-refractivity contribution in [1.29, 1.82) is 0 Å². The van der Waals surface area contributed by atoms with E-state index in [9.17, 15) is 18.0 Å². The number of carbonyl (C=O) groups excluding carboxylic acids is 2. The maximum atomic E-state index is 13.6. The Morgan fingerprint density at radius 3 is 2.28 bits per heavy atom. The lowest BCUT2D eigenvalue weighted by Gasteiger charge is -2.32. The first-order chi connectivity index (χ1) is 16.9. The lowest BCUT2D eigenvalue weighted by Crippen LogP contribution is -2.52. The molecule has 1 heterocycles. The van der Waals surface area contributed by atoms with Crippen LogP contribution in [-0.4, -0.2) is 63.2 Å². The van der Waals surface area contributed by atoms with Gasteiger partial charge in [-0.05, 0) is 50.6 Å². The van der Waals surface area contributed by atoms with Crippen LogP contribution in [0.5, 0.6) is 11.5 Å². The third kappa shape index (κ3) is 6.96. The molecule has 0 aromatic heterocycles. The number of nitrogens with zero attached hydrogens (tertiary/aromatic N) is 2. The standard InChI is InChI=1S/C24H29Cl2N3O6S/c1-15(2)27-24(31)16(3)28(13-17-5-7-19(25)20(26)11-17)23(30)14-29(36(4,32)33)18-6-8-21-22(12-18)35-10-9-34-21/h5-8,11-12,15-16H,9-10,13-14H2,1-4H3,(H,27,31)/t16-/m0/s1. The molecule has 9 nitrogen and oxygen atoms in total. The quantitative estimate of drug-likeness (QED) is 0.506. The topological polar surface area (TPSA) is 105 Å². The van der Waals surface area contributed by atoms with E-state index in [1.807, 2.05) is 13.8 Å². The van der Waals surface area contributed by atoms with Crippen LogP contribution in [0.15, 0.2) is 36.4 Å². The Labute approximate surface area is 221 Å². The smallest absolute Gasteiger partial charge is 0.244 e. The van der Waals surface area contributed by atoms with Gasteiger partial charge in [0.1, 0.15) is 25.8 Å². The van der Waals surface area contributed by atoms with Crippen molar-refractivity contribution in [3.05, 3.63) is 52.0 Å². The molecule has 12 heteroatoms. The highest BCUT2D eigenvalue weighted by atomic mass is 35.5. The molecule has 0 spiro atoms. The molecular formula is C24H29Cl2N3O6S.